The Bertz CT molecular complexity index is 591. The van der Waals surface area contributed by atoms with Crippen molar-refractivity contribution in [2.45, 2.75) is 20.3 Å². The van der Waals surface area contributed by atoms with Gasteiger partial charge in [-0.15, -0.1) is 0 Å². The minimum atomic E-state index is -0.908. The van der Waals surface area contributed by atoms with Gasteiger partial charge in [-0.1, -0.05) is 19.1 Å². The fraction of sp³-hybridized carbons (Fsp3) is 0.200. The molecule has 1 aromatic carbocycles. The lowest BCUT2D eigenvalue weighted by atomic mass is 10.00. The summed E-state index contributed by atoms with van der Waals surface area (Å²) in [6.07, 6.45) is 2.78. The zero-order chi connectivity index (χ0) is 13.1. The molecule has 2 aromatic rings. The van der Waals surface area contributed by atoms with Crippen LogP contribution in [0.4, 0.5) is 0 Å². The number of hydrogen-bond donors (Lipinski definition) is 1. The number of carboxylic acids is 1. The number of aryl methyl sites for hydroxylation is 2. The van der Waals surface area contributed by atoms with E-state index in [0.29, 0.717) is 5.56 Å². The van der Waals surface area contributed by atoms with E-state index in [-0.39, 0.29) is 0 Å². The maximum absolute atomic E-state index is 11.0. The first-order chi connectivity index (χ1) is 8.61. The molecule has 1 aromatic heterocycles. The predicted octanol–water partition coefficient (Wildman–Crippen LogP) is 3.32. The Morgan fingerprint density at radius 3 is 2.78 bits per heavy atom. The van der Waals surface area contributed by atoms with Gasteiger partial charge in [-0.05, 0) is 42.7 Å². The lowest BCUT2D eigenvalue weighted by Gasteiger charge is -2.08. The van der Waals surface area contributed by atoms with Crippen LogP contribution >= 0.6 is 0 Å². The largest absolute Gasteiger partial charge is 0.478 e. The first-order valence-electron chi connectivity index (χ1n) is 5.91. The average Bonchev–Trinajstić information content (AvgIpc) is 2.39. The Morgan fingerprint density at radius 1 is 1.33 bits per heavy atom. The van der Waals surface area contributed by atoms with Crippen molar-refractivity contribution in [2.75, 3.05) is 0 Å². The summed E-state index contributed by atoms with van der Waals surface area (Å²) in [6.45, 7) is 4.01. The molecule has 0 saturated carbocycles. The van der Waals surface area contributed by atoms with Crippen LogP contribution in [0.2, 0.25) is 0 Å². The van der Waals surface area contributed by atoms with Gasteiger partial charge in [-0.25, -0.2) is 4.79 Å². The van der Waals surface area contributed by atoms with E-state index in [9.17, 15) is 4.79 Å². The lowest BCUT2D eigenvalue weighted by Crippen LogP contribution is -1.97. The van der Waals surface area contributed by atoms with Gasteiger partial charge in [0.15, 0.2) is 0 Å². The first-order valence-corrected chi connectivity index (χ1v) is 5.91. The number of aromatic carboxylic acids is 1. The van der Waals surface area contributed by atoms with Crippen molar-refractivity contribution in [3.63, 3.8) is 0 Å². The summed E-state index contributed by atoms with van der Waals surface area (Å²) in [7, 11) is 0. The summed E-state index contributed by atoms with van der Waals surface area (Å²) in [5.74, 6) is -0.908. The van der Waals surface area contributed by atoms with E-state index >= 15 is 0 Å². The van der Waals surface area contributed by atoms with Crippen molar-refractivity contribution in [1.29, 1.82) is 0 Å². The average molecular weight is 241 g/mol. The molecule has 2 rings (SSSR count). The number of carboxylic acid groups (broad SMARTS) is 1. The zero-order valence-electron chi connectivity index (χ0n) is 10.5. The molecule has 0 saturated heterocycles. The molecular formula is C15H15NO2. The van der Waals surface area contributed by atoms with E-state index in [2.05, 4.69) is 18.0 Å². The molecule has 0 atom stereocenters. The van der Waals surface area contributed by atoms with E-state index in [0.717, 1.165) is 28.8 Å². The Morgan fingerprint density at radius 2 is 2.11 bits per heavy atom. The maximum atomic E-state index is 11.0. The molecule has 0 aliphatic heterocycles. The molecule has 0 amide bonds. The summed E-state index contributed by atoms with van der Waals surface area (Å²) in [5, 5.41) is 9.01. The van der Waals surface area contributed by atoms with Gasteiger partial charge in [0.05, 0.1) is 5.56 Å². The van der Waals surface area contributed by atoms with Crippen LogP contribution in [0.25, 0.3) is 11.1 Å². The van der Waals surface area contributed by atoms with E-state index in [4.69, 9.17) is 5.11 Å². The molecule has 0 spiro atoms. The highest BCUT2D eigenvalue weighted by Gasteiger charge is 2.08. The molecule has 0 unspecified atom stereocenters. The number of hydrogen-bond acceptors (Lipinski definition) is 2. The van der Waals surface area contributed by atoms with Gasteiger partial charge >= 0.3 is 5.97 Å². The van der Waals surface area contributed by atoms with E-state index < -0.39 is 5.97 Å². The Labute approximate surface area is 106 Å². The Kier molecular flexibility index (Phi) is 3.42. The molecule has 0 aliphatic carbocycles. The molecule has 3 heteroatoms. The molecule has 18 heavy (non-hydrogen) atoms. The summed E-state index contributed by atoms with van der Waals surface area (Å²) in [4.78, 5) is 15.3. The first kappa shape index (κ1) is 12.3. The van der Waals surface area contributed by atoms with Crippen molar-refractivity contribution in [1.82, 2.24) is 4.98 Å². The van der Waals surface area contributed by atoms with Crippen LogP contribution in [0.1, 0.15) is 28.5 Å². The number of carbonyl (C=O) groups is 1. The van der Waals surface area contributed by atoms with Crippen LogP contribution in [-0.2, 0) is 6.42 Å². The number of nitrogens with zero attached hydrogens (tertiary/aromatic N) is 1. The lowest BCUT2D eigenvalue weighted by molar-refractivity contribution is 0.0697. The normalized spacial score (nSPS) is 10.3. The fourth-order valence-electron chi connectivity index (χ4n) is 1.88. The quantitative estimate of drug-likeness (QED) is 0.896. The van der Waals surface area contributed by atoms with Crippen molar-refractivity contribution in [2.24, 2.45) is 0 Å². The maximum Gasteiger partial charge on any atom is 0.335 e. The summed E-state index contributed by atoms with van der Waals surface area (Å²) in [5.41, 5.74) is 4.26. The Balaban J connectivity index is 2.54. The van der Waals surface area contributed by atoms with Crippen molar-refractivity contribution < 1.29 is 9.90 Å². The standard InChI is InChI=1S/C15H15NO2/c1-3-11-7-14(10(2)16-9-11)12-5-4-6-13(8-12)15(17)18/h4-9H,3H2,1-2H3,(H,17,18). The predicted molar refractivity (Wildman–Crippen MR) is 70.7 cm³/mol. The zero-order valence-corrected chi connectivity index (χ0v) is 10.5. The Hall–Kier alpha value is -2.16. The third-order valence-corrected chi connectivity index (χ3v) is 2.97. The number of benzene rings is 1. The molecular weight excluding hydrogens is 226 g/mol. The van der Waals surface area contributed by atoms with Gasteiger partial charge in [0.1, 0.15) is 0 Å². The third kappa shape index (κ3) is 2.40. The number of rotatable bonds is 3. The molecule has 1 N–H and O–H groups in total. The smallest absolute Gasteiger partial charge is 0.335 e. The van der Waals surface area contributed by atoms with E-state index in [1.54, 1.807) is 18.2 Å². The number of pyridine rings is 1. The van der Waals surface area contributed by atoms with E-state index in [1.807, 2.05) is 19.2 Å². The van der Waals surface area contributed by atoms with Gasteiger partial charge in [0, 0.05) is 17.5 Å². The second-order valence-electron chi connectivity index (χ2n) is 4.22. The molecule has 0 fully saturated rings. The van der Waals surface area contributed by atoms with Crippen molar-refractivity contribution in [3.05, 3.63) is 53.3 Å². The second kappa shape index (κ2) is 5.00. The van der Waals surface area contributed by atoms with Gasteiger partial charge in [0.2, 0.25) is 0 Å². The van der Waals surface area contributed by atoms with Gasteiger partial charge < -0.3 is 5.11 Å². The summed E-state index contributed by atoms with van der Waals surface area (Å²) in [6, 6.07) is 9.03. The van der Waals surface area contributed by atoms with Crippen LogP contribution in [0.3, 0.4) is 0 Å². The topological polar surface area (TPSA) is 50.2 Å². The molecule has 0 radical (unpaired) electrons. The molecule has 3 nitrogen and oxygen atoms in total. The molecule has 1 heterocycles. The van der Waals surface area contributed by atoms with Gasteiger partial charge in [-0.3, -0.25) is 4.98 Å². The van der Waals surface area contributed by atoms with Crippen LogP contribution in [0.5, 0.6) is 0 Å². The van der Waals surface area contributed by atoms with Gasteiger partial charge in [0.25, 0.3) is 0 Å². The molecule has 0 aliphatic rings. The highest BCUT2D eigenvalue weighted by atomic mass is 16.4. The van der Waals surface area contributed by atoms with Crippen molar-refractivity contribution >= 4 is 5.97 Å². The minimum absolute atomic E-state index is 0.300. The highest BCUT2D eigenvalue weighted by Crippen LogP contribution is 2.24. The van der Waals surface area contributed by atoms with Crippen LogP contribution < -0.4 is 0 Å². The highest BCUT2D eigenvalue weighted by molar-refractivity contribution is 5.89. The van der Waals surface area contributed by atoms with E-state index in [1.165, 1.54) is 0 Å². The minimum Gasteiger partial charge on any atom is -0.478 e. The number of aromatic nitrogens is 1. The van der Waals surface area contributed by atoms with Crippen molar-refractivity contribution in [3.8, 4) is 11.1 Å². The third-order valence-electron chi connectivity index (χ3n) is 2.97. The SMILES string of the molecule is CCc1cnc(C)c(-c2cccc(C(=O)O)c2)c1. The van der Waals surface area contributed by atoms with Crippen LogP contribution in [-0.4, -0.2) is 16.1 Å². The van der Waals surface area contributed by atoms with Gasteiger partial charge in [-0.2, -0.15) is 0 Å². The summed E-state index contributed by atoms with van der Waals surface area (Å²) >= 11 is 0. The monoisotopic (exact) mass is 241 g/mol. The van der Waals surface area contributed by atoms with Crippen LogP contribution in [0.15, 0.2) is 36.5 Å². The fourth-order valence-corrected chi connectivity index (χ4v) is 1.88. The summed E-state index contributed by atoms with van der Waals surface area (Å²) < 4.78 is 0. The molecule has 0 bridgehead atoms. The van der Waals surface area contributed by atoms with Crippen LogP contribution in [0, 0.1) is 6.92 Å². The molecule has 92 valence electrons. The second-order valence-corrected chi connectivity index (χ2v) is 4.22.